The lowest BCUT2D eigenvalue weighted by Gasteiger charge is -2.22. The van der Waals surface area contributed by atoms with Crippen molar-refractivity contribution >= 4 is 27.5 Å². The van der Waals surface area contributed by atoms with E-state index in [1.54, 1.807) is 12.1 Å². The highest BCUT2D eigenvalue weighted by atomic mass is 79.9. The number of halogens is 2. The van der Waals surface area contributed by atoms with Crippen LogP contribution in [0.15, 0.2) is 22.7 Å². The fourth-order valence-electron chi connectivity index (χ4n) is 1.65. The van der Waals surface area contributed by atoms with Crippen LogP contribution in [0.25, 0.3) is 0 Å². The number of nitrogens with two attached hydrogens (primary N) is 1. The Morgan fingerprint density at radius 1 is 1.44 bits per heavy atom. The number of rotatable bonds is 4. The molecule has 0 saturated heterocycles. The van der Waals surface area contributed by atoms with Crippen molar-refractivity contribution in [3.8, 4) is 0 Å². The summed E-state index contributed by atoms with van der Waals surface area (Å²) in [6, 6.07) is 5.07. The molecule has 1 aromatic rings. The molecule has 0 radical (unpaired) electrons. The van der Waals surface area contributed by atoms with Gasteiger partial charge in [-0.25, -0.2) is 0 Å². The predicted octanol–water partition coefficient (Wildman–Crippen LogP) is 3.51. The van der Waals surface area contributed by atoms with Gasteiger partial charge in [-0.15, -0.1) is 0 Å². The monoisotopic (exact) mass is 305 g/mol. The molecule has 0 aliphatic rings. The molecule has 2 unspecified atom stereocenters. The molecular weight excluding hydrogens is 289 g/mol. The second-order valence-corrected chi connectivity index (χ2v) is 5.69. The Morgan fingerprint density at radius 3 is 2.62 bits per heavy atom. The summed E-state index contributed by atoms with van der Waals surface area (Å²) in [6.07, 6.45) is 0.0932. The van der Waals surface area contributed by atoms with Gasteiger partial charge in [0.05, 0.1) is 6.10 Å². The van der Waals surface area contributed by atoms with Crippen molar-refractivity contribution in [3.05, 3.63) is 33.3 Å². The molecule has 3 N–H and O–H groups in total. The molecule has 0 bridgehead atoms. The van der Waals surface area contributed by atoms with E-state index in [1.807, 2.05) is 6.07 Å². The van der Waals surface area contributed by atoms with Crippen LogP contribution < -0.4 is 5.73 Å². The van der Waals surface area contributed by atoms with Crippen molar-refractivity contribution in [3.63, 3.8) is 0 Å². The van der Waals surface area contributed by atoms with E-state index in [0.717, 1.165) is 16.5 Å². The van der Waals surface area contributed by atoms with Gasteiger partial charge < -0.3 is 10.8 Å². The average Bonchev–Trinajstić information content (AvgIpc) is 2.19. The van der Waals surface area contributed by atoms with Gasteiger partial charge in [-0.2, -0.15) is 0 Å². The van der Waals surface area contributed by atoms with Gasteiger partial charge in [0.15, 0.2) is 0 Å². The predicted molar refractivity (Wildman–Crippen MR) is 71.5 cm³/mol. The summed E-state index contributed by atoms with van der Waals surface area (Å²) in [7, 11) is 0. The number of aliphatic hydroxyl groups is 1. The highest BCUT2D eigenvalue weighted by Crippen LogP contribution is 2.29. The third-order valence-corrected chi connectivity index (χ3v) is 3.38. The Hall–Kier alpha value is -0.0900. The van der Waals surface area contributed by atoms with E-state index in [4.69, 9.17) is 17.3 Å². The van der Waals surface area contributed by atoms with Crippen molar-refractivity contribution in [2.24, 2.45) is 11.7 Å². The van der Waals surface area contributed by atoms with E-state index in [0.29, 0.717) is 10.9 Å². The minimum atomic E-state index is -0.685. The molecule has 16 heavy (non-hydrogen) atoms. The van der Waals surface area contributed by atoms with Crippen LogP contribution in [0.1, 0.15) is 31.9 Å². The van der Waals surface area contributed by atoms with Gasteiger partial charge >= 0.3 is 0 Å². The summed E-state index contributed by atoms with van der Waals surface area (Å²) < 4.78 is 0.837. The van der Waals surface area contributed by atoms with E-state index in [1.165, 1.54) is 0 Å². The SMILES string of the molecule is CC(C)CC(N)C(O)c1cc(Cl)ccc1Br. The van der Waals surface area contributed by atoms with Gasteiger partial charge in [0.2, 0.25) is 0 Å². The van der Waals surface area contributed by atoms with E-state index >= 15 is 0 Å². The smallest absolute Gasteiger partial charge is 0.0952 e. The minimum absolute atomic E-state index is 0.269. The van der Waals surface area contributed by atoms with Crippen LogP contribution in [0, 0.1) is 5.92 Å². The molecule has 0 aliphatic carbocycles. The Balaban J connectivity index is 2.86. The van der Waals surface area contributed by atoms with Gasteiger partial charge in [0.1, 0.15) is 0 Å². The minimum Gasteiger partial charge on any atom is -0.387 e. The van der Waals surface area contributed by atoms with Crippen molar-refractivity contribution < 1.29 is 5.11 Å². The van der Waals surface area contributed by atoms with Crippen LogP contribution >= 0.6 is 27.5 Å². The molecule has 2 atom stereocenters. The molecule has 0 amide bonds. The molecule has 0 aromatic heterocycles. The van der Waals surface area contributed by atoms with Gasteiger partial charge in [-0.1, -0.05) is 41.4 Å². The van der Waals surface area contributed by atoms with E-state index < -0.39 is 6.10 Å². The lowest BCUT2D eigenvalue weighted by atomic mass is 9.95. The highest BCUT2D eigenvalue weighted by Gasteiger charge is 2.20. The van der Waals surface area contributed by atoms with Crippen LogP contribution in [0.4, 0.5) is 0 Å². The summed E-state index contributed by atoms with van der Waals surface area (Å²) in [5, 5.41) is 10.7. The lowest BCUT2D eigenvalue weighted by Crippen LogP contribution is -2.30. The molecule has 0 saturated carbocycles. The largest absolute Gasteiger partial charge is 0.387 e. The Bertz CT molecular complexity index is 357. The maximum Gasteiger partial charge on any atom is 0.0952 e. The van der Waals surface area contributed by atoms with E-state index in [2.05, 4.69) is 29.8 Å². The second kappa shape index (κ2) is 6.01. The number of aliphatic hydroxyl groups excluding tert-OH is 1. The molecular formula is C12H17BrClNO. The zero-order valence-electron chi connectivity index (χ0n) is 9.45. The first kappa shape index (κ1) is 14.0. The molecule has 0 fully saturated rings. The van der Waals surface area contributed by atoms with Gasteiger partial charge in [0.25, 0.3) is 0 Å². The molecule has 0 heterocycles. The quantitative estimate of drug-likeness (QED) is 0.894. The number of hydrogen-bond acceptors (Lipinski definition) is 2. The average molecular weight is 307 g/mol. The third-order valence-electron chi connectivity index (χ3n) is 2.43. The molecule has 90 valence electrons. The molecule has 0 spiro atoms. The molecule has 1 rings (SSSR count). The Kier molecular flexibility index (Phi) is 5.25. The zero-order chi connectivity index (χ0) is 12.3. The molecule has 4 heteroatoms. The van der Waals surface area contributed by atoms with Gasteiger partial charge in [-0.3, -0.25) is 0 Å². The summed E-state index contributed by atoms with van der Waals surface area (Å²) in [4.78, 5) is 0. The lowest BCUT2D eigenvalue weighted by molar-refractivity contribution is 0.135. The van der Waals surface area contributed by atoms with Crippen molar-refractivity contribution in [2.45, 2.75) is 32.4 Å². The summed E-state index contributed by atoms with van der Waals surface area (Å²) in [5.74, 6) is 0.461. The fourth-order valence-corrected chi connectivity index (χ4v) is 2.31. The standard InChI is InChI=1S/C12H17BrClNO/c1-7(2)5-11(15)12(16)9-6-8(14)3-4-10(9)13/h3-4,6-7,11-12,16H,5,15H2,1-2H3. The second-order valence-electron chi connectivity index (χ2n) is 4.40. The number of benzene rings is 1. The highest BCUT2D eigenvalue weighted by molar-refractivity contribution is 9.10. The summed E-state index contributed by atoms with van der Waals surface area (Å²) in [6.45, 7) is 4.17. The Morgan fingerprint density at radius 2 is 2.06 bits per heavy atom. The van der Waals surface area contributed by atoms with Crippen LogP contribution in [0.5, 0.6) is 0 Å². The van der Waals surface area contributed by atoms with Crippen LogP contribution in [-0.2, 0) is 0 Å². The third kappa shape index (κ3) is 3.74. The first-order valence-corrected chi connectivity index (χ1v) is 6.47. The fraction of sp³-hybridized carbons (Fsp3) is 0.500. The first-order chi connectivity index (χ1) is 7.41. The van der Waals surface area contributed by atoms with Crippen molar-refractivity contribution in [1.29, 1.82) is 0 Å². The first-order valence-electron chi connectivity index (χ1n) is 5.30. The summed E-state index contributed by atoms with van der Waals surface area (Å²) in [5.41, 5.74) is 6.71. The van der Waals surface area contributed by atoms with Crippen LogP contribution in [-0.4, -0.2) is 11.1 Å². The van der Waals surface area contributed by atoms with Crippen LogP contribution in [0.3, 0.4) is 0 Å². The van der Waals surface area contributed by atoms with Crippen molar-refractivity contribution in [1.82, 2.24) is 0 Å². The van der Waals surface area contributed by atoms with E-state index in [-0.39, 0.29) is 6.04 Å². The van der Waals surface area contributed by atoms with Gasteiger partial charge in [0, 0.05) is 15.5 Å². The number of hydrogen-bond donors (Lipinski definition) is 2. The Labute approximate surface area is 110 Å². The molecule has 1 aromatic carbocycles. The maximum absolute atomic E-state index is 10.1. The zero-order valence-corrected chi connectivity index (χ0v) is 11.8. The topological polar surface area (TPSA) is 46.2 Å². The van der Waals surface area contributed by atoms with Gasteiger partial charge in [-0.05, 0) is 36.1 Å². The summed E-state index contributed by atoms with van der Waals surface area (Å²) >= 11 is 9.29. The maximum atomic E-state index is 10.1. The van der Waals surface area contributed by atoms with Crippen molar-refractivity contribution in [2.75, 3.05) is 0 Å². The van der Waals surface area contributed by atoms with Crippen LogP contribution in [0.2, 0.25) is 5.02 Å². The van der Waals surface area contributed by atoms with E-state index in [9.17, 15) is 5.11 Å². The molecule has 0 aliphatic heterocycles. The molecule has 2 nitrogen and oxygen atoms in total. The normalized spacial score (nSPS) is 15.2.